The molecule has 11 aromatic rings. The Labute approximate surface area is 402 Å². The van der Waals surface area contributed by atoms with E-state index in [1.807, 2.05) is 11.3 Å². The number of thiophene rings is 1. The lowest BCUT2D eigenvalue weighted by atomic mass is 9.43. The summed E-state index contributed by atoms with van der Waals surface area (Å²) in [5, 5.41) is 7.65. The van der Waals surface area contributed by atoms with Gasteiger partial charge in [0.15, 0.2) is 0 Å². The van der Waals surface area contributed by atoms with Gasteiger partial charge in [-0.25, -0.2) is 0 Å². The molecular weight excluding hydrogens is 844 g/mol. The molecule has 0 amide bonds. The number of furan rings is 1. The molecule has 0 unspecified atom stereocenters. The fourth-order valence-electron chi connectivity index (χ4n) is 13.6. The summed E-state index contributed by atoms with van der Waals surface area (Å²) in [5.74, 6) is 0. The number of hydrogen-bond donors (Lipinski definition) is 0. The normalized spacial score (nSPS) is 17.1. The van der Waals surface area contributed by atoms with Crippen LogP contribution in [0.25, 0.3) is 91.9 Å². The van der Waals surface area contributed by atoms with Crippen LogP contribution in [0.4, 0.5) is 11.4 Å². The molecule has 5 heterocycles. The first kappa shape index (κ1) is 39.4. The van der Waals surface area contributed by atoms with Crippen LogP contribution in [0.1, 0.15) is 103 Å². The SMILES string of the molecule is CC(C)(C)c1ccc(N2B3c4cc5c(cc4-n4c6cc7c(cc6c6c8c(oc9ccccc98)c(c3c64)-c3cc4sc6ccccc6c4cc32)C(C)(C)CCC7(C)C)-c2ccccc2C5(C)C)cc1. The van der Waals surface area contributed by atoms with Gasteiger partial charge in [-0.1, -0.05) is 141 Å². The van der Waals surface area contributed by atoms with Gasteiger partial charge in [-0.15, -0.1) is 11.3 Å². The Bertz CT molecular complexity index is 4110. The maximum atomic E-state index is 7.41. The smallest absolute Gasteiger partial charge is 0.333 e. The van der Waals surface area contributed by atoms with Crippen LogP contribution in [0.15, 0.2) is 138 Å². The lowest BCUT2D eigenvalue weighted by molar-refractivity contribution is 0.332. The van der Waals surface area contributed by atoms with E-state index in [4.69, 9.17) is 4.42 Å². The molecule has 0 radical (unpaired) electrons. The molecule has 330 valence electrons. The minimum atomic E-state index is -0.178. The van der Waals surface area contributed by atoms with E-state index in [-0.39, 0.29) is 28.5 Å². The first-order valence-corrected chi connectivity index (χ1v) is 25.6. The molecule has 0 atom stereocenters. The number of rotatable bonds is 1. The highest BCUT2D eigenvalue weighted by Gasteiger charge is 2.49. The van der Waals surface area contributed by atoms with Crippen molar-refractivity contribution in [2.24, 2.45) is 0 Å². The second kappa shape index (κ2) is 12.6. The van der Waals surface area contributed by atoms with Crippen LogP contribution < -0.4 is 15.7 Å². The van der Waals surface area contributed by atoms with Crippen molar-refractivity contribution in [1.82, 2.24) is 4.57 Å². The minimum Gasteiger partial charge on any atom is -0.455 e. The number of hydrogen-bond acceptors (Lipinski definition) is 3. The van der Waals surface area contributed by atoms with Crippen LogP contribution in [-0.4, -0.2) is 11.4 Å². The number of fused-ring (bicyclic) bond motifs is 20. The monoisotopic (exact) mass is 896 g/mol. The number of para-hydroxylation sites is 1. The molecule has 8 aromatic carbocycles. The molecule has 0 fully saturated rings. The predicted molar refractivity (Wildman–Crippen MR) is 292 cm³/mol. The number of benzene rings is 8. The van der Waals surface area contributed by atoms with E-state index in [2.05, 4.69) is 205 Å². The van der Waals surface area contributed by atoms with Gasteiger partial charge in [0.25, 0.3) is 0 Å². The molecule has 0 saturated carbocycles. The van der Waals surface area contributed by atoms with E-state index in [9.17, 15) is 0 Å². The Morgan fingerprint density at radius 2 is 1.28 bits per heavy atom. The summed E-state index contributed by atoms with van der Waals surface area (Å²) in [6.45, 7) is 21.5. The Balaban J connectivity index is 1.20. The van der Waals surface area contributed by atoms with E-state index in [1.54, 1.807) is 0 Å². The van der Waals surface area contributed by atoms with E-state index in [1.165, 1.54) is 131 Å². The van der Waals surface area contributed by atoms with Gasteiger partial charge in [-0.05, 0) is 134 Å². The summed E-state index contributed by atoms with van der Waals surface area (Å²) in [4.78, 5) is 2.72. The van der Waals surface area contributed by atoms with Crippen molar-refractivity contribution in [3.05, 3.63) is 161 Å². The van der Waals surface area contributed by atoms with Gasteiger partial charge in [-0.3, -0.25) is 0 Å². The third-order valence-corrected chi connectivity index (χ3v) is 18.5. The Morgan fingerprint density at radius 3 is 2.06 bits per heavy atom. The Kier molecular flexibility index (Phi) is 7.28. The van der Waals surface area contributed by atoms with Gasteiger partial charge in [0.1, 0.15) is 11.2 Å². The summed E-state index contributed by atoms with van der Waals surface area (Å²) in [7, 11) is 0. The van der Waals surface area contributed by atoms with Crippen molar-refractivity contribution >= 4 is 104 Å². The van der Waals surface area contributed by atoms with Gasteiger partial charge in [-0.2, -0.15) is 0 Å². The highest BCUT2D eigenvalue weighted by molar-refractivity contribution is 7.25. The molecule has 0 saturated heterocycles. The lowest BCUT2D eigenvalue weighted by Crippen LogP contribution is -2.60. The molecule has 3 aromatic heterocycles. The number of anilines is 2. The molecule has 2 aliphatic heterocycles. The van der Waals surface area contributed by atoms with Crippen molar-refractivity contribution < 1.29 is 4.42 Å². The molecule has 3 nitrogen and oxygen atoms in total. The molecule has 68 heavy (non-hydrogen) atoms. The topological polar surface area (TPSA) is 21.3 Å². The van der Waals surface area contributed by atoms with Crippen molar-refractivity contribution in [3.8, 4) is 27.9 Å². The molecule has 0 N–H and O–H groups in total. The molecular formula is C63H53BN2OS. The maximum Gasteiger partial charge on any atom is 0.333 e. The summed E-state index contributed by atoms with van der Waals surface area (Å²) in [5.41, 5.74) is 23.1. The fourth-order valence-corrected chi connectivity index (χ4v) is 14.8. The highest BCUT2D eigenvalue weighted by Crippen LogP contribution is 2.56. The third kappa shape index (κ3) is 4.81. The maximum absolute atomic E-state index is 7.41. The Morgan fingerprint density at radius 1 is 0.574 bits per heavy atom. The Hall–Kier alpha value is -6.56. The van der Waals surface area contributed by atoms with Crippen molar-refractivity contribution in [2.45, 2.75) is 96.8 Å². The van der Waals surface area contributed by atoms with Gasteiger partial charge < -0.3 is 13.8 Å². The molecule has 4 aliphatic rings. The van der Waals surface area contributed by atoms with Crippen LogP contribution in [-0.2, 0) is 21.7 Å². The van der Waals surface area contributed by atoms with Gasteiger partial charge in [0.2, 0.25) is 0 Å². The zero-order valence-electron chi connectivity index (χ0n) is 40.4. The molecule has 0 spiro atoms. The van der Waals surface area contributed by atoms with Crippen LogP contribution in [0.3, 0.4) is 0 Å². The van der Waals surface area contributed by atoms with Crippen LogP contribution in [0, 0.1) is 0 Å². The van der Waals surface area contributed by atoms with Crippen molar-refractivity contribution in [3.63, 3.8) is 0 Å². The lowest BCUT2D eigenvalue weighted by Gasteiger charge is -2.43. The average molecular weight is 897 g/mol. The van der Waals surface area contributed by atoms with E-state index >= 15 is 0 Å². The second-order valence-electron chi connectivity index (χ2n) is 23.5. The zero-order chi connectivity index (χ0) is 46.1. The summed E-state index contributed by atoms with van der Waals surface area (Å²) >= 11 is 1.90. The van der Waals surface area contributed by atoms with Crippen molar-refractivity contribution in [1.29, 1.82) is 0 Å². The van der Waals surface area contributed by atoms with Crippen LogP contribution in [0.5, 0.6) is 0 Å². The van der Waals surface area contributed by atoms with E-state index < -0.39 is 0 Å². The third-order valence-electron chi connectivity index (χ3n) is 17.4. The van der Waals surface area contributed by atoms with Gasteiger partial charge in [0, 0.05) is 75.3 Å². The molecule has 0 bridgehead atoms. The predicted octanol–water partition coefficient (Wildman–Crippen LogP) is 16.2. The summed E-state index contributed by atoms with van der Waals surface area (Å²) in [6, 6.07) is 52.0. The largest absolute Gasteiger partial charge is 0.455 e. The van der Waals surface area contributed by atoms with E-state index in [0.29, 0.717) is 0 Å². The molecule has 15 rings (SSSR count). The fraction of sp³-hybridized carbons (Fsp3) is 0.238. The minimum absolute atomic E-state index is 0.0214. The number of nitrogens with zero attached hydrogens (tertiary/aromatic N) is 2. The van der Waals surface area contributed by atoms with Gasteiger partial charge >= 0.3 is 6.85 Å². The average Bonchev–Trinajstić information content (AvgIpc) is 4.05. The van der Waals surface area contributed by atoms with Crippen molar-refractivity contribution in [2.75, 3.05) is 4.81 Å². The summed E-state index contributed by atoms with van der Waals surface area (Å²) in [6.07, 6.45) is 2.32. The first-order valence-electron chi connectivity index (χ1n) is 24.7. The quantitative estimate of drug-likeness (QED) is 0.153. The zero-order valence-corrected chi connectivity index (χ0v) is 41.2. The van der Waals surface area contributed by atoms with Crippen LogP contribution in [0.2, 0.25) is 0 Å². The van der Waals surface area contributed by atoms with E-state index in [0.717, 1.165) is 24.0 Å². The number of aromatic nitrogens is 1. The second-order valence-corrected chi connectivity index (χ2v) is 24.6. The highest BCUT2D eigenvalue weighted by atomic mass is 32.1. The first-order chi connectivity index (χ1) is 32.6. The van der Waals surface area contributed by atoms with Crippen LogP contribution >= 0.6 is 11.3 Å². The summed E-state index contributed by atoms with van der Waals surface area (Å²) < 4.78 is 12.8. The standard InChI is InChI=1S/C63H53BN2OS/c1-60(2,3)34-22-24-35(25-23-34)66-49-30-40-37-17-12-15-21-52(37)68-53(40)31-42(49)56-57-58-54(55-38-18-11-14-20-51(38)67-59(55)56)41-28-45-46(62(6,7)27-26-61(45,4)5)33-48(41)65(58)50-29-39-36-16-10-13-19-43(36)63(8,9)44(39)32-47(50)64(57)66/h10-25,28-33H,26-27H2,1-9H3. The van der Waals surface area contributed by atoms with Gasteiger partial charge in [0.05, 0.1) is 11.0 Å². The molecule has 5 heteroatoms. The molecule has 2 aliphatic carbocycles.